The van der Waals surface area contributed by atoms with Gasteiger partial charge in [0.2, 0.25) is 6.79 Å². The number of nitrogens with one attached hydrogen (secondary N) is 1. The lowest BCUT2D eigenvalue weighted by atomic mass is 10.3. The number of rotatable bonds is 3. The van der Waals surface area contributed by atoms with Crippen molar-refractivity contribution in [2.75, 3.05) is 11.5 Å². The van der Waals surface area contributed by atoms with E-state index in [1.807, 2.05) is 0 Å². The van der Waals surface area contributed by atoms with Crippen LogP contribution >= 0.6 is 0 Å². The summed E-state index contributed by atoms with van der Waals surface area (Å²) in [7, 11) is -3.58. The summed E-state index contributed by atoms with van der Waals surface area (Å²) in [6.45, 7) is 0.157. The van der Waals surface area contributed by atoms with Crippen LogP contribution in [0.2, 0.25) is 0 Å². The highest BCUT2D eigenvalue weighted by molar-refractivity contribution is 7.92. The molecule has 1 heterocycles. The number of sulfonamides is 1. The van der Waals surface area contributed by atoms with E-state index in [9.17, 15) is 8.42 Å². The van der Waals surface area contributed by atoms with Gasteiger partial charge in [-0.05, 0) is 24.3 Å². The average Bonchev–Trinajstić information content (AvgIpc) is 2.87. The fraction of sp³-hybridized carbons (Fsp3) is 0.0769. The Labute approximate surface area is 110 Å². The van der Waals surface area contributed by atoms with E-state index in [0.717, 1.165) is 0 Å². The molecule has 0 saturated carbocycles. The first kappa shape index (κ1) is 11.9. The highest BCUT2D eigenvalue weighted by Crippen LogP contribution is 2.34. The molecule has 0 radical (unpaired) electrons. The monoisotopic (exact) mass is 277 g/mol. The fourth-order valence-corrected chi connectivity index (χ4v) is 2.84. The quantitative estimate of drug-likeness (QED) is 0.934. The van der Waals surface area contributed by atoms with Gasteiger partial charge in [-0.1, -0.05) is 18.2 Å². The van der Waals surface area contributed by atoms with Crippen LogP contribution in [0.3, 0.4) is 0 Å². The van der Waals surface area contributed by atoms with Crippen LogP contribution in [-0.2, 0) is 10.0 Å². The second-order valence-electron chi connectivity index (χ2n) is 3.99. The SMILES string of the molecule is O=S(=O)(Nc1ccc2c(c1)OCO2)c1ccccc1. The maximum Gasteiger partial charge on any atom is 0.261 e. The van der Waals surface area contributed by atoms with Gasteiger partial charge in [-0.15, -0.1) is 0 Å². The summed E-state index contributed by atoms with van der Waals surface area (Å²) in [6.07, 6.45) is 0. The lowest BCUT2D eigenvalue weighted by Crippen LogP contribution is -2.12. The summed E-state index contributed by atoms with van der Waals surface area (Å²) < 4.78 is 37.1. The van der Waals surface area contributed by atoms with Gasteiger partial charge in [0.1, 0.15) is 0 Å². The van der Waals surface area contributed by atoms with Gasteiger partial charge >= 0.3 is 0 Å². The second-order valence-corrected chi connectivity index (χ2v) is 5.67. The molecule has 0 spiro atoms. The van der Waals surface area contributed by atoms with Crippen molar-refractivity contribution in [3.8, 4) is 11.5 Å². The lowest BCUT2D eigenvalue weighted by molar-refractivity contribution is 0.174. The van der Waals surface area contributed by atoms with Crippen molar-refractivity contribution in [3.63, 3.8) is 0 Å². The van der Waals surface area contributed by atoms with Crippen molar-refractivity contribution in [2.24, 2.45) is 0 Å². The number of fused-ring (bicyclic) bond motifs is 1. The summed E-state index contributed by atoms with van der Waals surface area (Å²) in [5, 5.41) is 0. The van der Waals surface area contributed by atoms with E-state index < -0.39 is 10.0 Å². The van der Waals surface area contributed by atoms with Crippen LogP contribution in [0.1, 0.15) is 0 Å². The molecular weight excluding hydrogens is 266 g/mol. The zero-order valence-corrected chi connectivity index (χ0v) is 10.7. The van der Waals surface area contributed by atoms with E-state index in [1.165, 1.54) is 12.1 Å². The molecular formula is C13H11NO4S. The Bertz CT molecular complexity index is 698. The normalized spacial score (nSPS) is 13.3. The lowest BCUT2D eigenvalue weighted by Gasteiger charge is -2.08. The first-order valence-electron chi connectivity index (χ1n) is 5.63. The van der Waals surface area contributed by atoms with Crippen LogP contribution in [0.4, 0.5) is 5.69 Å². The minimum absolute atomic E-state index is 0.157. The Morgan fingerprint density at radius 3 is 2.47 bits per heavy atom. The van der Waals surface area contributed by atoms with Gasteiger partial charge in [0.25, 0.3) is 10.0 Å². The van der Waals surface area contributed by atoms with E-state index >= 15 is 0 Å². The van der Waals surface area contributed by atoms with Crippen LogP contribution in [-0.4, -0.2) is 15.2 Å². The molecule has 0 amide bonds. The summed E-state index contributed by atoms with van der Waals surface area (Å²) in [6, 6.07) is 13.1. The third kappa shape index (κ3) is 2.34. The smallest absolute Gasteiger partial charge is 0.261 e. The van der Waals surface area contributed by atoms with Gasteiger partial charge in [0, 0.05) is 6.07 Å². The van der Waals surface area contributed by atoms with Gasteiger partial charge in [0.05, 0.1) is 10.6 Å². The number of hydrogen-bond acceptors (Lipinski definition) is 4. The van der Waals surface area contributed by atoms with Crippen LogP contribution in [0.15, 0.2) is 53.4 Å². The third-order valence-corrected chi connectivity index (χ3v) is 4.08. The summed E-state index contributed by atoms with van der Waals surface area (Å²) in [5.74, 6) is 1.15. The molecule has 19 heavy (non-hydrogen) atoms. The minimum atomic E-state index is -3.58. The third-order valence-electron chi connectivity index (χ3n) is 2.68. The standard InChI is InChI=1S/C13H11NO4S/c15-19(16,11-4-2-1-3-5-11)14-10-6-7-12-13(8-10)18-9-17-12/h1-8,14H,9H2. The Morgan fingerprint density at radius 2 is 1.68 bits per heavy atom. The van der Waals surface area contributed by atoms with E-state index in [1.54, 1.807) is 36.4 Å². The zero-order valence-electron chi connectivity index (χ0n) is 9.87. The van der Waals surface area contributed by atoms with E-state index in [2.05, 4.69) is 4.72 Å². The molecule has 0 unspecified atom stereocenters. The Balaban J connectivity index is 1.89. The maximum atomic E-state index is 12.1. The van der Waals surface area contributed by atoms with Gasteiger partial charge in [-0.3, -0.25) is 4.72 Å². The minimum Gasteiger partial charge on any atom is -0.454 e. The molecule has 0 bridgehead atoms. The average molecular weight is 277 g/mol. The first-order chi connectivity index (χ1) is 9.15. The topological polar surface area (TPSA) is 64.6 Å². The van der Waals surface area contributed by atoms with Crippen molar-refractivity contribution in [2.45, 2.75) is 4.90 Å². The molecule has 1 aliphatic rings. The van der Waals surface area contributed by atoms with Gasteiger partial charge in [-0.25, -0.2) is 8.42 Å². The van der Waals surface area contributed by atoms with Crippen molar-refractivity contribution in [3.05, 3.63) is 48.5 Å². The summed E-state index contributed by atoms with van der Waals surface area (Å²) >= 11 is 0. The number of benzene rings is 2. The molecule has 3 rings (SSSR count). The number of ether oxygens (including phenoxy) is 2. The molecule has 0 aromatic heterocycles. The highest BCUT2D eigenvalue weighted by Gasteiger charge is 2.17. The molecule has 1 aliphatic heterocycles. The van der Waals surface area contributed by atoms with Crippen molar-refractivity contribution < 1.29 is 17.9 Å². The fourth-order valence-electron chi connectivity index (χ4n) is 1.77. The van der Waals surface area contributed by atoms with E-state index in [0.29, 0.717) is 17.2 Å². The number of anilines is 1. The van der Waals surface area contributed by atoms with Gasteiger partial charge in [0.15, 0.2) is 11.5 Å². The van der Waals surface area contributed by atoms with Crippen molar-refractivity contribution in [1.82, 2.24) is 0 Å². The Hall–Kier alpha value is -2.21. The second kappa shape index (κ2) is 4.47. The van der Waals surface area contributed by atoms with E-state index in [-0.39, 0.29) is 11.7 Å². The van der Waals surface area contributed by atoms with Gasteiger partial charge < -0.3 is 9.47 Å². The highest BCUT2D eigenvalue weighted by atomic mass is 32.2. The molecule has 0 fully saturated rings. The zero-order chi connectivity index (χ0) is 13.3. The predicted molar refractivity (Wildman–Crippen MR) is 69.8 cm³/mol. The van der Waals surface area contributed by atoms with Gasteiger partial charge in [-0.2, -0.15) is 0 Å². The van der Waals surface area contributed by atoms with Crippen molar-refractivity contribution in [1.29, 1.82) is 0 Å². The predicted octanol–water partition coefficient (Wildman–Crippen LogP) is 2.22. The Morgan fingerprint density at radius 1 is 0.947 bits per heavy atom. The van der Waals surface area contributed by atoms with Crippen molar-refractivity contribution >= 4 is 15.7 Å². The molecule has 98 valence electrons. The molecule has 6 heteroatoms. The molecule has 2 aromatic carbocycles. The van der Waals surface area contributed by atoms with Crippen LogP contribution in [0.25, 0.3) is 0 Å². The molecule has 0 atom stereocenters. The largest absolute Gasteiger partial charge is 0.454 e. The van der Waals surface area contributed by atoms with Crippen LogP contribution < -0.4 is 14.2 Å². The molecule has 5 nitrogen and oxygen atoms in total. The molecule has 0 saturated heterocycles. The first-order valence-corrected chi connectivity index (χ1v) is 7.11. The van der Waals surface area contributed by atoms with E-state index in [4.69, 9.17) is 9.47 Å². The molecule has 0 aliphatic carbocycles. The number of hydrogen-bond donors (Lipinski definition) is 1. The molecule has 1 N–H and O–H groups in total. The molecule has 2 aromatic rings. The summed E-state index contributed by atoms with van der Waals surface area (Å²) in [4.78, 5) is 0.215. The van der Waals surface area contributed by atoms with Crippen LogP contribution in [0, 0.1) is 0 Å². The van der Waals surface area contributed by atoms with Crippen LogP contribution in [0.5, 0.6) is 11.5 Å². The Kier molecular flexibility index (Phi) is 2.79. The maximum absolute atomic E-state index is 12.1. The summed E-state index contributed by atoms with van der Waals surface area (Å²) in [5.41, 5.74) is 0.438.